The molecular weight excluding hydrogens is 480 g/mol. The number of alkyl halides is 2. The van der Waals surface area contributed by atoms with Gasteiger partial charge < -0.3 is 19.7 Å². The average Bonchev–Trinajstić information content (AvgIpc) is 2.21. The second-order valence-corrected chi connectivity index (χ2v) is 5.38. The lowest BCUT2D eigenvalue weighted by Crippen LogP contribution is -2.46. The number of aliphatic carboxylic acids is 1. The van der Waals surface area contributed by atoms with Crippen LogP contribution in [0.15, 0.2) is 12.1 Å². The lowest BCUT2D eigenvalue weighted by atomic mass is 10.2. The molecule has 9 heteroatoms. The molecule has 1 rings (SSSR count). The van der Waals surface area contributed by atoms with Gasteiger partial charge in [0, 0.05) is 3.57 Å². The number of carbonyl (C=O) groups excluding carboxylic acids is 1. The Morgan fingerprint density at radius 2 is 1.89 bits per heavy atom. The number of hydrogen-bond acceptors (Lipinski definition) is 4. The molecule has 5 nitrogen and oxygen atoms in total. The van der Waals surface area contributed by atoms with E-state index in [0.717, 1.165) is 6.07 Å². The molecule has 0 heterocycles. The summed E-state index contributed by atoms with van der Waals surface area (Å²) >= 11 is 3.36. The van der Waals surface area contributed by atoms with E-state index in [9.17, 15) is 23.5 Å². The molecule has 0 saturated carbocycles. The molecule has 0 aliphatic rings. The number of rotatable bonds is 4. The highest BCUT2D eigenvalue weighted by molar-refractivity contribution is 14.1. The van der Waals surface area contributed by atoms with E-state index in [2.05, 4.69) is 4.74 Å². The molecule has 0 aromatic heterocycles. The largest absolute Gasteiger partial charge is 0.541 e. The van der Waals surface area contributed by atoms with Crippen LogP contribution < -0.4 is 9.84 Å². The number of hydrogen-bond donors (Lipinski definition) is 1. The number of carboxylic acid groups (broad SMARTS) is 2. The SMILES string of the molecule is O=C(O)c1cc(I)cc(I)c1OC(F)(F)C(=O)[O-]. The van der Waals surface area contributed by atoms with Gasteiger partial charge in [-0.3, -0.25) is 0 Å². The number of carboxylic acids is 2. The Kier molecular flexibility index (Phi) is 4.69. The zero-order valence-corrected chi connectivity index (χ0v) is 12.6. The highest BCUT2D eigenvalue weighted by atomic mass is 127. The second kappa shape index (κ2) is 5.50. The van der Waals surface area contributed by atoms with Crippen molar-refractivity contribution in [3.63, 3.8) is 0 Å². The van der Waals surface area contributed by atoms with Crippen molar-refractivity contribution in [2.45, 2.75) is 6.11 Å². The number of aromatic carboxylic acids is 1. The first-order chi connectivity index (χ1) is 8.15. The van der Waals surface area contributed by atoms with Crippen LogP contribution in [0, 0.1) is 7.14 Å². The molecule has 0 amide bonds. The fraction of sp³-hybridized carbons (Fsp3) is 0.111. The van der Waals surface area contributed by atoms with Crippen molar-refractivity contribution in [3.05, 3.63) is 24.8 Å². The van der Waals surface area contributed by atoms with Crippen molar-refractivity contribution in [3.8, 4) is 5.75 Å². The maximum atomic E-state index is 12.9. The number of ether oxygens (including phenoxy) is 1. The predicted octanol–water partition coefficient (Wildman–Crippen LogP) is 1.32. The van der Waals surface area contributed by atoms with E-state index in [0.29, 0.717) is 3.57 Å². The van der Waals surface area contributed by atoms with Gasteiger partial charge in [-0.2, -0.15) is 8.78 Å². The molecule has 0 saturated heterocycles. The highest BCUT2D eigenvalue weighted by Crippen LogP contribution is 2.32. The van der Waals surface area contributed by atoms with E-state index in [-0.39, 0.29) is 3.57 Å². The molecular formula is C9H3F2I2O5-. The van der Waals surface area contributed by atoms with Gasteiger partial charge in [0.05, 0.1) is 3.57 Å². The fourth-order valence-corrected chi connectivity index (χ4v) is 2.95. The first-order valence-electron chi connectivity index (χ1n) is 4.15. The lowest BCUT2D eigenvalue weighted by molar-refractivity contribution is -0.350. The lowest BCUT2D eigenvalue weighted by Gasteiger charge is -2.20. The molecule has 0 fully saturated rings. The Morgan fingerprint density at radius 3 is 2.33 bits per heavy atom. The van der Waals surface area contributed by atoms with Crippen molar-refractivity contribution in [2.75, 3.05) is 0 Å². The van der Waals surface area contributed by atoms with Crippen LogP contribution in [0.25, 0.3) is 0 Å². The summed E-state index contributed by atoms with van der Waals surface area (Å²) in [5.41, 5.74) is -0.549. The van der Waals surface area contributed by atoms with E-state index in [1.54, 1.807) is 45.2 Å². The summed E-state index contributed by atoms with van der Waals surface area (Å²) in [7, 11) is 0. The van der Waals surface area contributed by atoms with Crippen LogP contribution in [0.1, 0.15) is 10.4 Å². The summed E-state index contributed by atoms with van der Waals surface area (Å²) in [6.45, 7) is 0. The minimum Gasteiger partial charge on any atom is -0.541 e. The van der Waals surface area contributed by atoms with Crippen LogP contribution in [0.3, 0.4) is 0 Å². The van der Waals surface area contributed by atoms with Crippen molar-refractivity contribution >= 4 is 57.1 Å². The Balaban J connectivity index is 3.32. The van der Waals surface area contributed by atoms with E-state index >= 15 is 0 Å². The Bertz CT molecular complexity index is 518. The van der Waals surface area contributed by atoms with E-state index < -0.39 is 29.4 Å². The molecule has 0 bridgehead atoms. The molecule has 18 heavy (non-hydrogen) atoms. The predicted molar refractivity (Wildman–Crippen MR) is 69.4 cm³/mol. The topological polar surface area (TPSA) is 86.7 Å². The first kappa shape index (κ1) is 15.3. The Labute approximate surface area is 126 Å². The van der Waals surface area contributed by atoms with Crippen LogP contribution >= 0.6 is 45.2 Å². The van der Waals surface area contributed by atoms with Crippen molar-refractivity contribution in [1.29, 1.82) is 0 Å². The van der Waals surface area contributed by atoms with Gasteiger partial charge in [-0.25, -0.2) is 4.79 Å². The van der Waals surface area contributed by atoms with Crippen molar-refractivity contribution < 1.29 is 33.3 Å². The van der Waals surface area contributed by atoms with Gasteiger partial charge in [-0.15, -0.1) is 0 Å². The zero-order chi connectivity index (χ0) is 14.1. The van der Waals surface area contributed by atoms with Gasteiger partial charge in [0.2, 0.25) is 0 Å². The summed E-state index contributed by atoms with van der Waals surface area (Å²) in [5.74, 6) is -4.96. The fourth-order valence-electron chi connectivity index (χ4n) is 0.993. The molecule has 0 radical (unpaired) electrons. The Hall–Kier alpha value is -0.720. The molecule has 0 aliphatic carbocycles. The van der Waals surface area contributed by atoms with Gasteiger partial charge in [0.25, 0.3) is 0 Å². The summed E-state index contributed by atoms with van der Waals surface area (Å²) in [6, 6.07) is 2.46. The van der Waals surface area contributed by atoms with Crippen LogP contribution in [0.5, 0.6) is 5.75 Å². The first-order valence-corrected chi connectivity index (χ1v) is 6.31. The number of halogens is 4. The van der Waals surface area contributed by atoms with Crippen LogP contribution in [-0.4, -0.2) is 23.2 Å². The zero-order valence-electron chi connectivity index (χ0n) is 8.25. The molecule has 0 atom stereocenters. The van der Waals surface area contributed by atoms with E-state index in [1.165, 1.54) is 6.07 Å². The van der Waals surface area contributed by atoms with Crippen molar-refractivity contribution in [1.82, 2.24) is 0 Å². The van der Waals surface area contributed by atoms with Gasteiger partial charge in [0.15, 0.2) is 11.7 Å². The molecule has 1 aromatic carbocycles. The Morgan fingerprint density at radius 1 is 1.33 bits per heavy atom. The standard InChI is InChI=1S/C9H4F2I2O5/c10-9(11,8(16)17)18-6-4(7(14)15)1-3(12)2-5(6)13/h1-2H,(H,14,15)(H,16,17)/p-1. The third-order valence-electron chi connectivity index (χ3n) is 1.71. The minimum absolute atomic E-state index is 0.0535. The molecule has 0 aliphatic heterocycles. The van der Waals surface area contributed by atoms with Crippen LogP contribution in [-0.2, 0) is 4.79 Å². The maximum Gasteiger partial charge on any atom is 0.441 e. The molecule has 1 aromatic rings. The summed E-state index contributed by atoms with van der Waals surface area (Å²) in [6.07, 6.45) is -4.60. The summed E-state index contributed by atoms with van der Waals surface area (Å²) in [4.78, 5) is 21.0. The molecule has 1 N–H and O–H groups in total. The monoisotopic (exact) mass is 483 g/mol. The smallest absolute Gasteiger partial charge is 0.441 e. The molecule has 98 valence electrons. The van der Waals surface area contributed by atoms with Gasteiger partial charge in [-0.1, -0.05) is 0 Å². The minimum atomic E-state index is -4.60. The third-order valence-corrected chi connectivity index (χ3v) is 3.13. The number of benzene rings is 1. The summed E-state index contributed by atoms with van der Waals surface area (Å²) < 4.78 is 30.2. The quantitative estimate of drug-likeness (QED) is 0.654. The summed E-state index contributed by atoms with van der Waals surface area (Å²) in [5, 5.41) is 19.0. The van der Waals surface area contributed by atoms with E-state index in [1.807, 2.05) is 0 Å². The van der Waals surface area contributed by atoms with Crippen molar-refractivity contribution in [2.24, 2.45) is 0 Å². The highest BCUT2D eigenvalue weighted by Gasteiger charge is 2.36. The van der Waals surface area contributed by atoms with Gasteiger partial charge >= 0.3 is 12.1 Å². The van der Waals surface area contributed by atoms with Gasteiger partial charge in [0.1, 0.15) is 5.56 Å². The van der Waals surface area contributed by atoms with E-state index in [4.69, 9.17) is 5.11 Å². The molecule has 0 unspecified atom stereocenters. The average molecular weight is 483 g/mol. The normalized spacial score (nSPS) is 11.1. The number of carbonyl (C=O) groups is 2. The second-order valence-electron chi connectivity index (χ2n) is 2.98. The van der Waals surface area contributed by atoms with Gasteiger partial charge in [-0.05, 0) is 57.3 Å². The third kappa shape index (κ3) is 3.40. The van der Waals surface area contributed by atoms with Crippen LogP contribution in [0.2, 0.25) is 0 Å². The maximum absolute atomic E-state index is 12.9. The van der Waals surface area contributed by atoms with Crippen LogP contribution in [0.4, 0.5) is 8.78 Å². The molecule has 0 spiro atoms.